The highest BCUT2D eigenvalue weighted by Crippen LogP contribution is 2.31. The van der Waals surface area contributed by atoms with E-state index >= 15 is 0 Å². The number of aromatic nitrogens is 4. The minimum Gasteiger partial charge on any atom is -0.340 e. The zero-order valence-electron chi connectivity index (χ0n) is 15.4. The molecular formula is C21H16F3N5. The summed E-state index contributed by atoms with van der Waals surface area (Å²) >= 11 is 0. The molecular weight excluding hydrogens is 379 g/mol. The normalized spacial score (nSPS) is 11.4. The van der Waals surface area contributed by atoms with Crippen molar-refractivity contribution in [3.63, 3.8) is 0 Å². The lowest BCUT2D eigenvalue weighted by molar-refractivity contribution is -0.137. The summed E-state index contributed by atoms with van der Waals surface area (Å²) in [7, 11) is 0. The van der Waals surface area contributed by atoms with Crippen LogP contribution in [0.4, 0.5) is 24.7 Å². The number of hydrogen-bond acceptors (Lipinski definition) is 4. The van der Waals surface area contributed by atoms with Crippen LogP contribution in [0.15, 0.2) is 73.1 Å². The lowest BCUT2D eigenvalue weighted by Crippen LogP contribution is -2.06. The first kappa shape index (κ1) is 18.7. The third-order valence-corrected chi connectivity index (χ3v) is 4.23. The smallest absolute Gasteiger partial charge is 0.340 e. The van der Waals surface area contributed by atoms with Crippen LogP contribution in [0, 0.1) is 6.92 Å². The minimum absolute atomic E-state index is 0.282. The third-order valence-electron chi connectivity index (χ3n) is 4.23. The van der Waals surface area contributed by atoms with Crippen molar-refractivity contribution in [2.24, 2.45) is 0 Å². The van der Waals surface area contributed by atoms with E-state index in [1.54, 1.807) is 16.8 Å². The molecule has 29 heavy (non-hydrogen) atoms. The van der Waals surface area contributed by atoms with Crippen molar-refractivity contribution in [1.82, 2.24) is 19.7 Å². The zero-order valence-corrected chi connectivity index (χ0v) is 15.4. The molecule has 0 saturated carbocycles. The summed E-state index contributed by atoms with van der Waals surface area (Å²) in [5, 5.41) is 7.40. The van der Waals surface area contributed by atoms with Gasteiger partial charge in [0.2, 0.25) is 0 Å². The maximum atomic E-state index is 12.9. The molecule has 0 fully saturated rings. The highest BCUT2D eigenvalue weighted by atomic mass is 19.4. The van der Waals surface area contributed by atoms with Gasteiger partial charge in [0.1, 0.15) is 12.1 Å². The number of anilines is 2. The fourth-order valence-corrected chi connectivity index (χ4v) is 2.94. The van der Waals surface area contributed by atoms with Crippen LogP contribution in [0.3, 0.4) is 0 Å². The molecule has 0 amide bonds. The van der Waals surface area contributed by atoms with Gasteiger partial charge in [-0.05, 0) is 31.2 Å². The summed E-state index contributed by atoms with van der Waals surface area (Å²) in [6, 6.07) is 18.3. The van der Waals surface area contributed by atoms with Gasteiger partial charge in [-0.25, -0.2) is 14.6 Å². The Bertz CT molecular complexity index is 1140. The number of rotatable bonds is 4. The highest BCUT2D eigenvalue weighted by molar-refractivity contribution is 5.63. The number of aryl methyl sites for hydroxylation is 1. The van der Waals surface area contributed by atoms with E-state index in [0.29, 0.717) is 11.6 Å². The van der Waals surface area contributed by atoms with E-state index in [9.17, 15) is 13.2 Å². The number of alkyl halides is 3. The molecule has 5 nitrogen and oxygen atoms in total. The van der Waals surface area contributed by atoms with Crippen LogP contribution in [0.2, 0.25) is 0 Å². The first-order valence-electron chi connectivity index (χ1n) is 8.79. The summed E-state index contributed by atoms with van der Waals surface area (Å²) < 4.78 is 40.5. The molecule has 2 aromatic heterocycles. The summed E-state index contributed by atoms with van der Waals surface area (Å²) in [5.74, 6) is 0.864. The molecule has 0 aliphatic heterocycles. The molecule has 0 bridgehead atoms. The van der Waals surface area contributed by atoms with Gasteiger partial charge in [-0.1, -0.05) is 36.4 Å². The molecule has 0 aliphatic rings. The summed E-state index contributed by atoms with van der Waals surface area (Å²) in [4.78, 5) is 8.39. The maximum absolute atomic E-state index is 12.9. The van der Waals surface area contributed by atoms with Gasteiger partial charge in [-0.15, -0.1) is 0 Å². The second kappa shape index (κ2) is 7.38. The van der Waals surface area contributed by atoms with E-state index in [2.05, 4.69) is 20.4 Å². The Morgan fingerprint density at radius 2 is 1.69 bits per heavy atom. The van der Waals surface area contributed by atoms with Crippen LogP contribution >= 0.6 is 0 Å². The molecule has 4 rings (SSSR count). The van der Waals surface area contributed by atoms with Crippen LogP contribution in [-0.2, 0) is 6.18 Å². The number of nitrogens with one attached hydrogen (secondary N) is 1. The Morgan fingerprint density at radius 1 is 0.897 bits per heavy atom. The lowest BCUT2D eigenvalue weighted by atomic mass is 10.1. The molecule has 4 aromatic rings. The van der Waals surface area contributed by atoms with E-state index < -0.39 is 11.7 Å². The lowest BCUT2D eigenvalue weighted by Gasteiger charge is -2.11. The second-order valence-electron chi connectivity index (χ2n) is 6.41. The van der Waals surface area contributed by atoms with Crippen molar-refractivity contribution < 1.29 is 13.2 Å². The predicted molar refractivity (Wildman–Crippen MR) is 104 cm³/mol. The second-order valence-corrected chi connectivity index (χ2v) is 6.41. The monoisotopic (exact) mass is 395 g/mol. The summed E-state index contributed by atoms with van der Waals surface area (Å²) in [5.41, 5.74) is 2.19. The molecule has 0 unspecified atom stereocenters. The van der Waals surface area contributed by atoms with E-state index in [0.717, 1.165) is 29.1 Å². The molecule has 2 aromatic carbocycles. The number of benzene rings is 2. The van der Waals surface area contributed by atoms with Crippen LogP contribution < -0.4 is 5.32 Å². The molecule has 146 valence electrons. The highest BCUT2D eigenvalue weighted by Gasteiger charge is 2.30. The van der Waals surface area contributed by atoms with Crippen LogP contribution in [0.1, 0.15) is 11.3 Å². The van der Waals surface area contributed by atoms with Crippen molar-refractivity contribution in [2.45, 2.75) is 13.1 Å². The minimum atomic E-state index is -4.41. The quantitative estimate of drug-likeness (QED) is 0.503. The first-order valence-corrected chi connectivity index (χ1v) is 8.79. The van der Waals surface area contributed by atoms with Crippen LogP contribution in [0.5, 0.6) is 0 Å². The van der Waals surface area contributed by atoms with Crippen molar-refractivity contribution in [3.05, 3.63) is 84.3 Å². The molecule has 0 atom stereocenters. The van der Waals surface area contributed by atoms with Gasteiger partial charge in [-0.2, -0.15) is 18.3 Å². The molecule has 8 heteroatoms. The molecule has 0 spiro atoms. The van der Waals surface area contributed by atoms with Gasteiger partial charge in [0.15, 0.2) is 5.82 Å². The third kappa shape index (κ3) is 4.11. The van der Waals surface area contributed by atoms with Gasteiger partial charge in [0, 0.05) is 17.3 Å². The zero-order chi connectivity index (χ0) is 20.4. The van der Waals surface area contributed by atoms with Gasteiger partial charge in [-0.3, -0.25) is 0 Å². The van der Waals surface area contributed by atoms with Crippen LogP contribution in [0.25, 0.3) is 17.1 Å². The largest absolute Gasteiger partial charge is 0.416 e. The number of nitrogens with zero attached hydrogens (tertiary/aromatic N) is 4. The Kier molecular flexibility index (Phi) is 4.75. The Morgan fingerprint density at radius 3 is 2.45 bits per heavy atom. The van der Waals surface area contributed by atoms with Crippen LogP contribution in [-0.4, -0.2) is 19.7 Å². The van der Waals surface area contributed by atoms with E-state index in [-0.39, 0.29) is 5.69 Å². The fourth-order valence-electron chi connectivity index (χ4n) is 2.94. The number of hydrogen-bond donors (Lipinski definition) is 1. The fraction of sp³-hybridized carbons (Fsp3) is 0.0952. The van der Waals surface area contributed by atoms with E-state index in [4.69, 9.17) is 0 Å². The molecule has 1 N–H and O–H groups in total. The van der Waals surface area contributed by atoms with Crippen molar-refractivity contribution in [2.75, 3.05) is 5.32 Å². The van der Waals surface area contributed by atoms with Gasteiger partial charge < -0.3 is 5.32 Å². The number of halogens is 3. The molecule has 0 aliphatic carbocycles. The van der Waals surface area contributed by atoms with E-state index in [1.165, 1.54) is 12.4 Å². The SMILES string of the molecule is Cc1cc(-c2ccccc2)n(-c2cc(Nc3cccc(C(F)(F)F)c3)ncn2)n1. The summed E-state index contributed by atoms with van der Waals surface area (Å²) in [6.45, 7) is 1.88. The van der Waals surface area contributed by atoms with Gasteiger partial charge in [0.05, 0.1) is 17.0 Å². The predicted octanol–water partition coefficient (Wildman–Crippen LogP) is 5.40. The Balaban J connectivity index is 1.68. The average Bonchev–Trinajstić information content (AvgIpc) is 3.10. The van der Waals surface area contributed by atoms with Gasteiger partial charge >= 0.3 is 6.18 Å². The molecule has 2 heterocycles. The van der Waals surface area contributed by atoms with Crippen molar-refractivity contribution in [1.29, 1.82) is 0 Å². The molecule has 0 saturated heterocycles. The molecule has 0 radical (unpaired) electrons. The average molecular weight is 395 g/mol. The van der Waals surface area contributed by atoms with Gasteiger partial charge in [0.25, 0.3) is 0 Å². The summed E-state index contributed by atoms with van der Waals surface area (Å²) in [6.07, 6.45) is -3.07. The van der Waals surface area contributed by atoms with Crippen molar-refractivity contribution >= 4 is 11.5 Å². The first-order chi connectivity index (χ1) is 13.9. The standard InChI is InChI=1S/C21H16F3N5/c1-14-10-18(15-6-3-2-4-7-15)29(28-14)20-12-19(25-13-26-20)27-17-9-5-8-16(11-17)21(22,23)24/h2-13H,1H3,(H,25,26,27). The Labute approximate surface area is 164 Å². The maximum Gasteiger partial charge on any atom is 0.416 e. The topological polar surface area (TPSA) is 55.6 Å². The van der Waals surface area contributed by atoms with E-state index in [1.807, 2.05) is 43.3 Å². The Hall–Kier alpha value is -3.68. The van der Waals surface area contributed by atoms with Crippen molar-refractivity contribution in [3.8, 4) is 17.1 Å².